The summed E-state index contributed by atoms with van der Waals surface area (Å²) < 4.78 is 16.7. The highest BCUT2D eigenvalue weighted by atomic mass is 31.1. The summed E-state index contributed by atoms with van der Waals surface area (Å²) in [7, 11) is 5.42. The Morgan fingerprint density at radius 1 is 0.545 bits per heavy atom. The lowest BCUT2D eigenvalue weighted by Crippen LogP contribution is -2.27. The van der Waals surface area contributed by atoms with Crippen molar-refractivity contribution in [1.29, 1.82) is 0 Å². The van der Waals surface area contributed by atoms with E-state index in [0.29, 0.717) is 0 Å². The highest BCUT2D eigenvalue weighted by molar-refractivity contribution is 7.57. The molecule has 0 atom stereocenters. The molecule has 0 saturated carbocycles. The molecule has 0 aromatic heterocycles. The van der Waals surface area contributed by atoms with Crippen molar-refractivity contribution in [2.24, 2.45) is 0 Å². The quantitative estimate of drug-likeness (QED) is 0.474. The minimum absolute atomic E-state index is 0.0108. The zero-order chi connectivity index (χ0) is 17.4. The smallest absolute Gasteiger partial charge is 0.0626 e. The molecular weight excluding hydrogens is 295 g/mol. The van der Waals surface area contributed by atoms with Crippen LogP contribution in [-0.2, 0) is 14.2 Å². The van der Waals surface area contributed by atoms with E-state index < -0.39 is 0 Å². The average molecular weight is 334 g/mol. The van der Waals surface area contributed by atoms with Crippen molar-refractivity contribution in [3.05, 3.63) is 0 Å². The van der Waals surface area contributed by atoms with E-state index in [2.05, 4.69) is 41.5 Å². The first-order valence-corrected chi connectivity index (χ1v) is 10.2. The summed E-state index contributed by atoms with van der Waals surface area (Å²) in [5.41, 5.74) is -0.0591. The second kappa shape index (κ2) is 9.57. The topological polar surface area (TPSA) is 27.7 Å². The minimum Gasteiger partial charge on any atom is -0.379 e. The average Bonchev–Trinajstić information content (AvgIpc) is 2.46. The first kappa shape index (κ1) is 22.3. The van der Waals surface area contributed by atoms with Crippen LogP contribution in [0.15, 0.2) is 0 Å². The van der Waals surface area contributed by atoms with Gasteiger partial charge >= 0.3 is 0 Å². The van der Waals surface area contributed by atoms with Gasteiger partial charge in [0, 0.05) is 21.3 Å². The molecule has 0 saturated heterocycles. The zero-order valence-electron chi connectivity index (χ0n) is 16.4. The monoisotopic (exact) mass is 334 g/mol. The van der Waals surface area contributed by atoms with Gasteiger partial charge in [0.15, 0.2) is 0 Å². The summed E-state index contributed by atoms with van der Waals surface area (Å²) in [4.78, 5) is 0. The Bertz CT molecular complexity index is 253. The molecule has 0 bridgehead atoms. The SMILES string of the molecule is COC(C)(C)CCP(CCC(C)(C)OC)CCC(C)(C)OC. The number of ether oxygens (including phenoxy) is 3. The van der Waals surface area contributed by atoms with Gasteiger partial charge in [0.05, 0.1) is 16.8 Å². The maximum absolute atomic E-state index is 5.58. The van der Waals surface area contributed by atoms with Crippen LogP contribution in [0.25, 0.3) is 0 Å². The van der Waals surface area contributed by atoms with E-state index >= 15 is 0 Å². The Hall–Kier alpha value is 0.310. The van der Waals surface area contributed by atoms with Gasteiger partial charge < -0.3 is 14.2 Å². The van der Waals surface area contributed by atoms with Crippen LogP contribution in [-0.4, -0.2) is 56.6 Å². The van der Waals surface area contributed by atoms with Gasteiger partial charge in [-0.15, -0.1) is 7.92 Å². The van der Waals surface area contributed by atoms with Crippen LogP contribution in [0.3, 0.4) is 0 Å². The molecule has 0 amide bonds. The Morgan fingerprint density at radius 2 is 0.773 bits per heavy atom. The minimum atomic E-state index is -0.0197. The van der Waals surface area contributed by atoms with Crippen molar-refractivity contribution < 1.29 is 14.2 Å². The fourth-order valence-electron chi connectivity index (χ4n) is 1.92. The molecule has 0 unspecified atom stereocenters. The third kappa shape index (κ3) is 10.2. The Kier molecular flexibility index (Phi) is 9.70. The predicted octanol–water partition coefficient (Wildman–Crippen LogP) is 4.91. The number of rotatable bonds is 12. The fraction of sp³-hybridized carbons (Fsp3) is 1.00. The summed E-state index contributed by atoms with van der Waals surface area (Å²) in [5, 5.41) is 0. The van der Waals surface area contributed by atoms with E-state index in [1.54, 1.807) is 0 Å². The summed E-state index contributed by atoms with van der Waals surface area (Å²) in [6.07, 6.45) is 7.14. The molecule has 0 aliphatic heterocycles. The molecule has 0 heterocycles. The third-order valence-corrected chi connectivity index (χ3v) is 7.32. The van der Waals surface area contributed by atoms with E-state index in [4.69, 9.17) is 14.2 Å². The second-order valence-electron chi connectivity index (χ2n) is 7.98. The zero-order valence-corrected chi connectivity index (χ0v) is 17.3. The van der Waals surface area contributed by atoms with E-state index in [1.807, 2.05) is 21.3 Å². The van der Waals surface area contributed by atoms with Gasteiger partial charge in [-0.25, -0.2) is 0 Å². The Balaban J connectivity index is 4.56. The Morgan fingerprint density at radius 3 is 0.955 bits per heavy atom. The molecule has 134 valence electrons. The van der Waals surface area contributed by atoms with Gasteiger partial charge in [-0.3, -0.25) is 0 Å². The van der Waals surface area contributed by atoms with E-state index in [9.17, 15) is 0 Å². The lowest BCUT2D eigenvalue weighted by atomic mass is 10.1. The third-order valence-electron chi connectivity index (χ3n) is 4.75. The number of hydrogen-bond acceptors (Lipinski definition) is 3. The van der Waals surface area contributed by atoms with Crippen molar-refractivity contribution in [3.8, 4) is 0 Å². The van der Waals surface area contributed by atoms with Gasteiger partial charge in [0.25, 0.3) is 0 Å². The summed E-state index contributed by atoms with van der Waals surface area (Å²) in [6.45, 7) is 13.1. The van der Waals surface area contributed by atoms with E-state index in [-0.39, 0.29) is 24.7 Å². The van der Waals surface area contributed by atoms with Gasteiger partial charge in [0.1, 0.15) is 0 Å². The summed E-state index contributed by atoms with van der Waals surface area (Å²) >= 11 is 0. The molecule has 0 aromatic rings. The first-order chi connectivity index (χ1) is 9.97. The largest absolute Gasteiger partial charge is 0.379 e. The molecule has 4 heteroatoms. The second-order valence-corrected chi connectivity index (χ2v) is 10.7. The summed E-state index contributed by atoms with van der Waals surface area (Å²) in [6, 6.07) is 0. The lowest BCUT2D eigenvalue weighted by molar-refractivity contribution is 0.0182. The van der Waals surface area contributed by atoms with E-state index in [0.717, 1.165) is 19.3 Å². The molecular formula is C18H39O3P. The van der Waals surface area contributed by atoms with Gasteiger partial charge in [-0.2, -0.15) is 0 Å². The van der Waals surface area contributed by atoms with Crippen LogP contribution in [0, 0.1) is 0 Å². The van der Waals surface area contributed by atoms with Crippen LogP contribution in [0.5, 0.6) is 0 Å². The van der Waals surface area contributed by atoms with Crippen molar-refractivity contribution in [2.75, 3.05) is 39.8 Å². The Labute approximate surface area is 140 Å². The molecule has 0 rings (SSSR count). The molecule has 0 aliphatic carbocycles. The number of hydrogen-bond donors (Lipinski definition) is 0. The highest BCUT2D eigenvalue weighted by Gasteiger charge is 2.24. The maximum Gasteiger partial charge on any atom is 0.0626 e. The molecule has 22 heavy (non-hydrogen) atoms. The van der Waals surface area contributed by atoms with Gasteiger partial charge in [-0.05, 0) is 79.3 Å². The van der Waals surface area contributed by atoms with Crippen LogP contribution in [0.1, 0.15) is 60.8 Å². The van der Waals surface area contributed by atoms with Gasteiger partial charge in [0.2, 0.25) is 0 Å². The van der Waals surface area contributed by atoms with Crippen molar-refractivity contribution >= 4 is 7.92 Å². The normalized spacial score (nSPS) is 13.9. The van der Waals surface area contributed by atoms with Gasteiger partial charge in [-0.1, -0.05) is 0 Å². The highest BCUT2D eigenvalue weighted by Crippen LogP contribution is 2.42. The lowest BCUT2D eigenvalue weighted by Gasteiger charge is -2.31. The van der Waals surface area contributed by atoms with Crippen molar-refractivity contribution in [2.45, 2.75) is 77.6 Å². The number of methoxy groups -OCH3 is 3. The molecule has 0 spiro atoms. The molecule has 0 N–H and O–H groups in total. The van der Waals surface area contributed by atoms with Crippen molar-refractivity contribution in [1.82, 2.24) is 0 Å². The van der Waals surface area contributed by atoms with Crippen molar-refractivity contribution in [3.63, 3.8) is 0 Å². The standard InChI is InChI=1S/C18H39O3P/c1-16(2,19-7)10-13-22(14-11-17(3,4)20-8)15-12-18(5,6)21-9/h10-15H2,1-9H3. The van der Waals surface area contributed by atoms with Crippen LogP contribution >= 0.6 is 7.92 Å². The molecule has 0 aliphatic rings. The molecule has 0 radical (unpaired) electrons. The van der Waals surface area contributed by atoms with Crippen LogP contribution in [0.4, 0.5) is 0 Å². The molecule has 0 aromatic carbocycles. The fourth-order valence-corrected chi connectivity index (χ4v) is 5.16. The maximum atomic E-state index is 5.58. The molecule has 3 nitrogen and oxygen atoms in total. The van der Waals surface area contributed by atoms with E-state index in [1.165, 1.54) is 18.5 Å². The summed E-state index contributed by atoms with van der Waals surface area (Å²) in [5.74, 6) is 0. The predicted molar refractivity (Wildman–Crippen MR) is 98.6 cm³/mol. The first-order valence-electron chi connectivity index (χ1n) is 8.35. The van der Waals surface area contributed by atoms with Crippen LogP contribution < -0.4 is 0 Å². The van der Waals surface area contributed by atoms with Crippen LogP contribution in [0.2, 0.25) is 0 Å². The molecule has 0 fully saturated rings.